The van der Waals surface area contributed by atoms with E-state index in [1.54, 1.807) is 29.6 Å². The van der Waals surface area contributed by atoms with Crippen molar-refractivity contribution in [3.8, 4) is 0 Å². The molecule has 0 aliphatic carbocycles. The third-order valence-corrected chi connectivity index (χ3v) is 3.68. The molecule has 0 saturated carbocycles. The molecule has 2 N–H and O–H groups in total. The Labute approximate surface area is 125 Å². The van der Waals surface area contributed by atoms with E-state index in [-0.39, 0.29) is 18.8 Å². The van der Waals surface area contributed by atoms with E-state index < -0.39 is 18.9 Å². The van der Waals surface area contributed by atoms with Gasteiger partial charge in [-0.05, 0) is 5.56 Å². The molecule has 2 aromatic rings. The highest BCUT2D eigenvalue weighted by atomic mass is 32.1. The number of carbonyl (C=O) groups excluding carboxylic acids is 1. The van der Waals surface area contributed by atoms with E-state index in [1.807, 2.05) is 6.07 Å². The molecule has 4 nitrogen and oxygen atoms in total. The van der Waals surface area contributed by atoms with Crippen LogP contribution in [-0.4, -0.2) is 28.8 Å². The van der Waals surface area contributed by atoms with Crippen LogP contribution in [0.3, 0.4) is 0 Å². The summed E-state index contributed by atoms with van der Waals surface area (Å²) in [6, 6.07) is 9.01. The maximum atomic E-state index is 12.7. The molecule has 0 aliphatic rings. The molecule has 0 unspecified atom stereocenters. The van der Waals surface area contributed by atoms with Crippen LogP contribution < -0.4 is 5.73 Å². The molecule has 1 aromatic carbocycles. The number of amides is 1. The van der Waals surface area contributed by atoms with Crippen LogP contribution in [0.15, 0.2) is 35.7 Å². The summed E-state index contributed by atoms with van der Waals surface area (Å²) in [5.41, 5.74) is 6.40. The third kappa shape index (κ3) is 4.30. The summed E-state index contributed by atoms with van der Waals surface area (Å²) in [6.45, 7) is -0.270. The van der Waals surface area contributed by atoms with Crippen LogP contribution in [0.5, 0.6) is 0 Å². The second kappa shape index (κ2) is 7.24. The molecule has 0 fully saturated rings. The van der Waals surface area contributed by atoms with Crippen LogP contribution in [0.1, 0.15) is 21.1 Å². The van der Waals surface area contributed by atoms with Crippen LogP contribution in [0.25, 0.3) is 0 Å². The van der Waals surface area contributed by atoms with Gasteiger partial charge >= 0.3 is 0 Å². The van der Waals surface area contributed by atoms with E-state index in [2.05, 4.69) is 4.98 Å². The van der Waals surface area contributed by atoms with Gasteiger partial charge < -0.3 is 10.6 Å². The van der Waals surface area contributed by atoms with Crippen LogP contribution in [0.2, 0.25) is 0 Å². The minimum absolute atomic E-state index is 0.125. The summed E-state index contributed by atoms with van der Waals surface area (Å²) in [7, 11) is 0. The fraction of sp³-hybridized carbons (Fsp3) is 0.286. The first-order valence-corrected chi connectivity index (χ1v) is 7.24. The van der Waals surface area contributed by atoms with Crippen molar-refractivity contribution in [3.05, 3.63) is 52.0 Å². The Morgan fingerprint density at radius 2 is 2.05 bits per heavy atom. The molecule has 1 amide bonds. The molecule has 0 aliphatic heterocycles. The molecule has 7 heteroatoms. The van der Waals surface area contributed by atoms with E-state index in [0.717, 1.165) is 10.5 Å². The topological polar surface area (TPSA) is 59.2 Å². The maximum Gasteiger partial charge on any atom is 0.273 e. The number of thiazole rings is 1. The summed E-state index contributed by atoms with van der Waals surface area (Å²) < 4.78 is 25.4. The van der Waals surface area contributed by atoms with Crippen molar-refractivity contribution in [2.24, 2.45) is 5.73 Å². The zero-order valence-electron chi connectivity index (χ0n) is 11.2. The molecular formula is C14H15F2N3OS. The van der Waals surface area contributed by atoms with Crippen LogP contribution >= 0.6 is 11.3 Å². The molecule has 0 atom stereocenters. The van der Waals surface area contributed by atoms with Crippen LogP contribution in [0.4, 0.5) is 8.78 Å². The fourth-order valence-corrected chi connectivity index (χ4v) is 2.50. The average molecular weight is 311 g/mol. The Kier molecular flexibility index (Phi) is 5.35. The van der Waals surface area contributed by atoms with Gasteiger partial charge in [-0.15, -0.1) is 11.3 Å². The lowest BCUT2D eigenvalue weighted by atomic mass is 10.2. The van der Waals surface area contributed by atoms with Crippen molar-refractivity contribution in [3.63, 3.8) is 0 Å². The van der Waals surface area contributed by atoms with Gasteiger partial charge in [-0.1, -0.05) is 30.3 Å². The molecule has 21 heavy (non-hydrogen) atoms. The number of hydrogen-bond acceptors (Lipinski definition) is 4. The van der Waals surface area contributed by atoms with Gasteiger partial charge in [0.2, 0.25) is 0 Å². The van der Waals surface area contributed by atoms with Crippen LogP contribution in [-0.2, 0) is 13.1 Å². The fourth-order valence-electron chi connectivity index (χ4n) is 1.85. The van der Waals surface area contributed by atoms with Crippen molar-refractivity contribution in [1.29, 1.82) is 0 Å². The van der Waals surface area contributed by atoms with Gasteiger partial charge in [-0.2, -0.15) is 0 Å². The van der Waals surface area contributed by atoms with E-state index >= 15 is 0 Å². The van der Waals surface area contributed by atoms with Crippen molar-refractivity contribution < 1.29 is 13.6 Å². The Bertz CT molecular complexity index is 589. The van der Waals surface area contributed by atoms with Crippen molar-refractivity contribution >= 4 is 17.2 Å². The van der Waals surface area contributed by atoms with Gasteiger partial charge in [0, 0.05) is 18.5 Å². The predicted octanol–water partition coefficient (Wildman–Crippen LogP) is 2.51. The minimum Gasteiger partial charge on any atom is -0.327 e. The molecule has 0 radical (unpaired) electrons. The SMILES string of the molecule is NCc1nc(C(=O)N(Cc2ccccc2)CC(F)F)cs1. The molecule has 1 heterocycles. The van der Waals surface area contributed by atoms with Crippen molar-refractivity contribution in [2.45, 2.75) is 19.5 Å². The second-order valence-electron chi connectivity index (χ2n) is 4.39. The lowest BCUT2D eigenvalue weighted by molar-refractivity contribution is 0.0530. The number of halogens is 2. The highest BCUT2D eigenvalue weighted by Gasteiger charge is 2.22. The largest absolute Gasteiger partial charge is 0.327 e. The van der Waals surface area contributed by atoms with Crippen molar-refractivity contribution in [1.82, 2.24) is 9.88 Å². The third-order valence-electron chi connectivity index (χ3n) is 2.81. The average Bonchev–Trinajstić information content (AvgIpc) is 2.95. The summed E-state index contributed by atoms with van der Waals surface area (Å²) in [6.07, 6.45) is -2.59. The monoisotopic (exact) mass is 311 g/mol. The molecule has 0 saturated heterocycles. The zero-order chi connectivity index (χ0) is 15.2. The lowest BCUT2D eigenvalue weighted by Crippen LogP contribution is -2.34. The second-order valence-corrected chi connectivity index (χ2v) is 5.34. The summed E-state index contributed by atoms with van der Waals surface area (Å²) in [4.78, 5) is 17.5. The molecule has 2 rings (SSSR count). The summed E-state index contributed by atoms with van der Waals surface area (Å²) >= 11 is 1.25. The Morgan fingerprint density at radius 3 is 2.62 bits per heavy atom. The predicted molar refractivity (Wildman–Crippen MR) is 77.2 cm³/mol. The first-order chi connectivity index (χ1) is 10.1. The van der Waals surface area contributed by atoms with Gasteiger partial charge in [-0.3, -0.25) is 4.79 Å². The number of alkyl halides is 2. The number of benzene rings is 1. The Balaban J connectivity index is 2.16. The standard InChI is InChI=1S/C14H15F2N3OS/c15-12(16)8-19(7-10-4-2-1-3-5-10)14(20)11-9-21-13(6-17)18-11/h1-5,9,12H,6-8,17H2. The number of hydrogen-bond donors (Lipinski definition) is 1. The van der Waals surface area contributed by atoms with Crippen molar-refractivity contribution in [2.75, 3.05) is 6.54 Å². The zero-order valence-corrected chi connectivity index (χ0v) is 12.0. The number of carbonyl (C=O) groups is 1. The lowest BCUT2D eigenvalue weighted by Gasteiger charge is -2.21. The van der Waals surface area contributed by atoms with Gasteiger partial charge in [0.15, 0.2) is 0 Å². The number of rotatable bonds is 6. The Hall–Kier alpha value is -1.86. The van der Waals surface area contributed by atoms with Gasteiger partial charge in [0.25, 0.3) is 12.3 Å². The van der Waals surface area contributed by atoms with E-state index in [9.17, 15) is 13.6 Å². The van der Waals surface area contributed by atoms with E-state index in [4.69, 9.17) is 5.73 Å². The van der Waals surface area contributed by atoms with Gasteiger partial charge in [0.05, 0.1) is 6.54 Å². The van der Waals surface area contributed by atoms with Crippen LogP contribution in [0, 0.1) is 0 Å². The highest BCUT2D eigenvalue weighted by molar-refractivity contribution is 7.09. The number of nitrogens with two attached hydrogens (primary N) is 1. The Morgan fingerprint density at radius 1 is 1.33 bits per heavy atom. The first kappa shape index (κ1) is 15.5. The normalized spacial score (nSPS) is 10.9. The number of nitrogens with zero attached hydrogens (tertiary/aromatic N) is 2. The summed E-state index contributed by atoms with van der Waals surface area (Å²) in [5, 5.41) is 2.16. The maximum absolute atomic E-state index is 12.7. The quantitative estimate of drug-likeness (QED) is 0.892. The highest BCUT2D eigenvalue weighted by Crippen LogP contribution is 2.15. The van der Waals surface area contributed by atoms with Gasteiger partial charge in [-0.25, -0.2) is 13.8 Å². The number of aromatic nitrogens is 1. The molecule has 1 aromatic heterocycles. The minimum atomic E-state index is -2.59. The first-order valence-electron chi connectivity index (χ1n) is 6.36. The molecule has 0 bridgehead atoms. The van der Waals surface area contributed by atoms with Gasteiger partial charge in [0.1, 0.15) is 10.7 Å². The molecular weight excluding hydrogens is 296 g/mol. The summed E-state index contributed by atoms with van der Waals surface area (Å²) in [5.74, 6) is -0.505. The van der Waals surface area contributed by atoms with E-state index in [1.165, 1.54) is 11.3 Å². The smallest absolute Gasteiger partial charge is 0.273 e. The molecule has 112 valence electrons. The van der Waals surface area contributed by atoms with E-state index in [0.29, 0.717) is 5.01 Å². The molecule has 0 spiro atoms.